The number of halogens is 2. The molecule has 1 aromatic carbocycles. The van der Waals surface area contributed by atoms with Crippen LogP contribution in [-0.4, -0.2) is 23.6 Å². The molecule has 0 bridgehead atoms. The number of nitrogens with zero attached hydrogens (tertiary/aromatic N) is 1. The molecule has 1 heterocycles. The van der Waals surface area contributed by atoms with Gasteiger partial charge in [-0.05, 0) is 12.1 Å². The number of imide groups is 2. The van der Waals surface area contributed by atoms with Crippen LogP contribution in [0.2, 0.25) is 0 Å². The minimum absolute atomic E-state index is 0.0443. The van der Waals surface area contributed by atoms with Crippen molar-refractivity contribution in [1.82, 2.24) is 5.32 Å². The molecule has 1 aliphatic rings. The number of nitrogens with one attached hydrogen (secondary N) is 1. The van der Waals surface area contributed by atoms with E-state index in [1.54, 1.807) is 0 Å². The summed E-state index contributed by atoms with van der Waals surface area (Å²) in [7, 11) is 0. The number of thioether (sulfide) groups is 1. The van der Waals surface area contributed by atoms with E-state index >= 15 is 0 Å². The van der Waals surface area contributed by atoms with Gasteiger partial charge in [0.1, 0.15) is 6.42 Å². The summed E-state index contributed by atoms with van der Waals surface area (Å²) in [6.45, 7) is 0. The second-order valence-corrected chi connectivity index (χ2v) is 4.64. The number of anilines is 1. The highest BCUT2D eigenvalue weighted by Gasteiger charge is 2.33. The number of benzene rings is 1. The standard InChI is InChI=1S/C11H8F2N2O3S/c12-10(13)19-7-4-2-1-3-6(7)15-9(17)5-8(16)14-11(15)18/h1-4,10H,5H2,(H,14,16,18). The second-order valence-electron chi connectivity index (χ2n) is 3.61. The zero-order valence-electron chi connectivity index (χ0n) is 9.43. The topological polar surface area (TPSA) is 66.5 Å². The first kappa shape index (κ1) is 13.5. The van der Waals surface area contributed by atoms with Crippen molar-refractivity contribution >= 4 is 35.3 Å². The summed E-state index contributed by atoms with van der Waals surface area (Å²) < 4.78 is 24.9. The van der Waals surface area contributed by atoms with Crippen LogP contribution in [0.1, 0.15) is 6.42 Å². The van der Waals surface area contributed by atoms with Crippen LogP contribution in [-0.2, 0) is 9.59 Å². The lowest BCUT2D eigenvalue weighted by Crippen LogP contribution is -2.53. The van der Waals surface area contributed by atoms with E-state index in [4.69, 9.17) is 0 Å². The molecule has 8 heteroatoms. The Kier molecular flexibility index (Phi) is 3.79. The maximum atomic E-state index is 12.4. The third kappa shape index (κ3) is 2.90. The summed E-state index contributed by atoms with van der Waals surface area (Å²) in [5.74, 6) is -4.12. The van der Waals surface area contributed by atoms with E-state index in [-0.39, 0.29) is 22.3 Å². The number of rotatable bonds is 3. The first-order valence-corrected chi connectivity index (χ1v) is 6.07. The molecule has 1 fully saturated rings. The second kappa shape index (κ2) is 5.35. The fourth-order valence-electron chi connectivity index (χ4n) is 1.63. The molecule has 0 aliphatic carbocycles. The molecule has 1 aromatic rings. The number of alkyl halides is 2. The van der Waals surface area contributed by atoms with Crippen LogP contribution in [0.25, 0.3) is 0 Å². The van der Waals surface area contributed by atoms with E-state index in [1.165, 1.54) is 24.3 Å². The van der Waals surface area contributed by atoms with Crippen molar-refractivity contribution in [3.8, 4) is 0 Å². The van der Waals surface area contributed by atoms with E-state index < -0.39 is 30.0 Å². The van der Waals surface area contributed by atoms with Crippen molar-refractivity contribution in [2.24, 2.45) is 0 Å². The Labute approximate surface area is 110 Å². The van der Waals surface area contributed by atoms with Gasteiger partial charge in [0.05, 0.1) is 5.69 Å². The molecule has 0 radical (unpaired) electrons. The maximum Gasteiger partial charge on any atom is 0.335 e. The molecule has 0 unspecified atom stereocenters. The Balaban J connectivity index is 2.38. The normalized spacial score (nSPS) is 15.9. The number of barbiturate groups is 1. The number of carbonyl (C=O) groups is 3. The van der Waals surface area contributed by atoms with Gasteiger partial charge in [-0.3, -0.25) is 14.9 Å². The van der Waals surface area contributed by atoms with E-state index in [0.29, 0.717) is 4.90 Å². The first-order valence-electron chi connectivity index (χ1n) is 5.19. The van der Waals surface area contributed by atoms with Crippen LogP contribution in [0.15, 0.2) is 29.2 Å². The van der Waals surface area contributed by atoms with Gasteiger partial charge in [0.15, 0.2) is 0 Å². The lowest BCUT2D eigenvalue weighted by molar-refractivity contribution is -0.128. The minimum Gasteiger partial charge on any atom is -0.277 e. The van der Waals surface area contributed by atoms with Crippen LogP contribution < -0.4 is 10.2 Å². The lowest BCUT2D eigenvalue weighted by Gasteiger charge is -2.26. The van der Waals surface area contributed by atoms with Gasteiger partial charge in [-0.15, -0.1) is 0 Å². The highest BCUT2D eigenvalue weighted by Crippen LogP contribution is 2.34. The summed E-state index contributed by atoms with van der Waals surface area (Å²) >= 11 is 0.231. The number of amides is 4. The molecule has 0 spiro atoms. The average molecular weight is 286 g/mol. The molecular formula is C11H8F2N2O3S. The van der Waals surface area contributed by atoms with Gasteiger partial charge in [-0.1, -0.05) is 23.9 Å². The molecule has 100 valence electrons. The Morgan fingerprint density at radius 3 is 2.53 bits per heavy atom. The van der Waals surface area contributed by atoms with Crippen molar-refractivity contribution in [2.45, 2.75) is 17.1 Å². The molecular weight excluding hydrogens is 278 g/mol. The zero-order valence-corrected chi connectivity index (χ0v) is 10.2. The van der Waals surface area contributed by atoms with E-state index in [0.717, 1.165) is 0 Å². The summed E-state index contributed by atoms with van der Waals surface area (Å²) in [5.41, 5.74) is 0.0443. The number of para-hydroxylation sites is 1. The average Bonchev–Trinajstić information content (AvgIpc) is 2.29. The molecule has 0 atom stereocenters. The predicted octanol–water partition coefficient (Wildman–Crippen LogP) is 1.97. The number of hydrogen-bond acceptors (Lipinski definition) is 4. The number of urea groups is 1. The molecule has 0 aromatic heterocycles. The molecule has 0 saturated carbocycles. The fourth-order valence-corrected chi connectivity index (χ4v) is 2.26. The zero-order chi connectivity index (χ0) is 14.0. The first-order chi connectivity index (χ1) is 8.99. The highest BCUT2D eigenvalue weighted by atomic mass is 32.2. The third-order valence-electron chi connectivity index (χ3n) is 2.33. The molecule has 1 saturated heterocycles. The van der Waals surface area contributed by atoms with E-state index in [9.17, 15) is 23.2 Å². The highest BCUT2D eigenvalue weighted by molar-refractivity contribution is 7.99. The van der Waals surface area contributed by atoms with Gasteiger partial charge < -0.3 is 0 Å². The van der Waals surface area contributed by atoms with Crippen molar-refractivity contribution in [2.75, 3.05) is 4.90 Å². The Bertz CT molecular complexity index is 530. The molecule has 19 heavy (non-hydrogen) atoms. The van der Waals surface area contributed by atoms with Crippen molar-refractivity contribution in [1.29, 1.82) is 0 Å². The minimum atomic E-state index is -2.68. The third-order valence-corrected chi connectivity index (χ3v) is 3.11. The lowest BCUT2D eigenvalue weighted by atomic mass is 10.2. The molecule has 5 nitrogen and oxygen atoms in total. The molecule has 1 aliphatic heterocycles. The van der Waals surface area contributed by atoms with Gasteiger partial charge >= 0.3 is 6.03 Å². The van der Waals surface area contributed by atoms with E-state index in [1.807, 2.05) is 5.32 Å². The molecule has 2 rings (SSSR count). The van der Waals surface area contributed by atoms with Gasteiger partial charge in [0.2, 0.25) is 11.8 Å². The van der Waals surface area contributed by atoms with Crippen LogP contribution in [0.4, 0.5) is 19.3 Å². The quantitative estimate of drug-likeness (QED) is 0.681. The predicted molar refractivity (Wildman–Crippen MR) is 63.9 cm³/mol. The monoisotopic (exact) mass is 286 g/mol. The van der Waals surface area contributed by atoms with E-state index in [2.05, 4.69) is 0 Å². The van der Waals surface area contributed by atoms with Crippen LogP contribution in [0.3, 0.4) is 0 Å². The fraction of sp³-hybridized carbons (Fsp3) is 0.182. The van der Waals surface area contributed by atoms with Crippen LogP contribution in [0, 0.1) is 0 Å². The Morgan fingerprint density at radius 2 is 1.89 bits per heavy atom. The summed E-state index contributed by atoms with van der Waals surface area (Å²) in [6, 6.07) is 4.86. The smallest absolute Gasteiger partial charge is 0.277 e. The summed E-state index contributed by atoms with van der Waals surface area (Å²) in [5, 5.41) is 1.97. The Morgan fingerprint density at radius 1 is 1.21 bits per heavy atom. The maximum absolute atomic E-state index is 12.4. The number of hydrogen-bond donors (Lipinski definition) is 1. The van der Waals surface area contributed by atoms with Crippen molar-refractivity contribution in [3.05, 3.63) is 24.3 Å². The molecule has 4 amide bonds. The van der Waals surface area contributed by atoms with Crippen molar-refractivity contribution < 1.29 is 23.2 Å². The molecule has 1 N–H and O–H groups in total. The van der Waals surface area contributed by atoms with Crippen LogP contribution in [0.5, 0.6) is 0 Å². The van der Waals surface area contributed by atoms with Gasteiger partial charge in [0.25, 0.3) is 5.76 Å². The largest absolute Gasteiger partial charge is 0.335 e. The van der Waals surface area contributed by atoms with Gasteiger partial charge in [-0.25, -0.2) is 9.69 Å². The van der Waals surface area contributed by atoms with Crippen LogP contribution >= 0.6 is 11.8 Å². The Hall–Kier alpha value is -1.96. The summed E-state index contributed by atoms with van der Waals surface area (Å²) in [4.78, 5) is 35.1. The summed E-state index contributed by atoms with van der Waals surface area (Å²) in [6.07, 6.45) is -0.487. The van der Waals surface area contributed by atoms with Gasteiger partial charge in [0, 0.05) is 4.90 Å². The SMILES string of the molecule is O=C1CC(=O)N(c2ccccc2SC(F)F)C(=O)N1. The van der Waals surface area contributed by atoms with Crippen molar-refractivity contribution in [3.63, 3.8) is 0 Å². The van der Waals surface area contributed by atoms with Gasteiger partial charge in [-0.2, -0.15) is 8.78 Å². The number of carbonyl (C=O) groups excluding carboxylic acids is 3.